The van der Waals surface area contributed by atoms with E-state index in [0.717, 1.165) is 36.9 Å². The number of nitrogens with zero attached hydrogens (tertiary/aromatic N) is 1. The van der Waals surface area contributed by atoms with Gasteiger partial charge >= 0.3 is 0 Å². The lowest BCUT2D eigenvalue weighted by Crippen LogP contribution is -2.20. The Labute approximate surface area is 159 Å². The molecule has 2 aromatic rings. The summed E-state index contributed by atoms with van der Waals surface area (Å²) >= 11 is 0. The maximum atomic E-state index is 12.3. The van der Waals surface area contributed by atoms with Gasteiger partial charge in [-0.3, -0.25) is 9.59 Å². The molecule has 0 radical (unpaired) electrons. The Morgan fingerprint density at radius 1 is 1.07 bits per heavy atom. The lowest BCUT2D eigenvalue weighted by Gasteiger charge is -2.28. The molecule has 138 valence electrons. The van der Waals surface area contributed by atoms with Crippen molar-refractivity contribution in [1.29, 1.82) is 5.26 Å². The first-order chi connectivity index (χ1) is 13.0. The van der Waals surface area contributed by atoms with Crippen molar-refractivity contribution in [1.82, 2.24) is 0 Å². The molecule has 1 aliphatic carbocycles. The Kier molecular flexibility index (Phi) is 5.87. The van der Waals surface area contributed by atoms with Crippen LogP contribution in [0.25, 0.3) is 0 Å². The van der Waals surface area contributed by atoms with Crippen LogP contribution in [-0.4, -0.2) is 11.8 Å². The number of benzene rings is 2. The van der Waals surface area contributed by atoms with Crippen LogP contribution in [-0.2, 0) is 4.79 Å². The molecule has 5 heteroatoms. The van der Waals surface area contributed by atoms with E-state index in [9.17, 15) is 9.59 Å². The molecule has 1 fully saturated rings. The van der Waals surface area contributed by atoms with E-state index in [1.54, 1.807) is 30.3 Å². The predicted molar refractivity (Wildman–Crippen MR) is 104 cm³/mol. The molecule has 5 nitrogen and oxygen atoms in total. The highest BCUT2D eigenvalue weighted by Crippen LogP contribution is 2.37. The van der Waals surface area contributed by atoms with Gasteiger partial charge in [-0.2, -0.15) is 5.26 Å². The van der Waals surface area contributed by atoms with E-state index in [2.05, 4.69) is 17.5 Å². The van der Waals surface area contributed by atoms with Crippen LogP contribution < -0.4 is 11.1 Å². The van der Waals surface area contributed by atoms with Gasteiger partial charge in [-0.05, 0) is 79.5 Å². The second-order valence-electron chi connectivity index (χ2n) is 7.15. The second kappa shape index (κ2) is 8.50. The molecule has 0 saturated heterocycles. The molecule has 0 heterocycles. The minimum atomic E-state index is -0.398. The molecule has 0 aromatic heterocycles. The molecule has 0 bridgehead atoms. The average Bonchev–Trinajstić information content (AvgIpc) is 2.69. The van der Waals surface area contributed by atoms with Gasteiger partial charge in [0.25, 0.3) is 0 Å². The zero-order valence-electron chi connectivity index (χ0n) is 15.2. The van der Waals surface area contributed by atoms with E-state index in [-0.39, 0.29) is 5.91 Å². The minimum absolute atomic E-state index is 0.0129. The van der Waals surface area contributed by atoms with Crippen LogP contribution in [0.2, 0.25) is 0 Å². The Hall–Kier alpha value is -3.13. The largest absolute Gasteiger partial charge is 0.366 e. The fourth-order valence-corrected chi connectivity index (χ4v) is 3.75. The number of nitrogens with two attached hydrogens (primary N) is 1. The van der Waals surface area contributed by atoms with Gasteiger partial charge in [0.1, 0.15) is 0 Å². The maximum Gasteiger partial charge on any atom is 0.248 e. The third-order valence-corrected chi connectivity index (χ3v) is 5.26. The van der Waals surface area contributed by atoms with Gasteiger partial charge in [0.2, 0.25) is 11.8 Å². The van der Waals surface area contributed by atoms with Crippen LogP contribution in [0.15, 0.2) is 48.5 Å². The first-order valence-electron chi connectivity index (χ1n) is 9.25. The first kappa shape index (κ1) is 18.7. The Morgan fingerprint density at radius 2 is 1.78 bits per heavy atom. The summed E-state index contributed by atoms with van der Waals surface area (Å²) in [5, 5.41) is 11.7. The lowest BCUT2D eigenvalue weighted by atomic mass is 9.77. The molecule has 3 N–H and O–H groups in total. The number of primary amides is 1. The SMILES string of the molecule is N#Cc1ccc(NC(=O)C[C@H]2CC[C@@H](c3cccc(C(N)=O)c3)CC2)cc1. The molecule has 27 heavy (non-hydrogen) atoms. The van der Waals surface area contributed by atoms with Gasteiger partial charge in [0.15, 0.2) is 0 Å². The zero-order valence-corrected chi connectivity index (χ0v) is 15.2. The number of carbonyl (C=O) groups excluding carboxylic acids is 2. The van der Waals surface area contributed by atoms with Crippen molar-refractivity contribution in [2.75, 3.05) is 5.32 Å². The summed E-state index contributed by atoms with van der Waals surface area (Å²) < 4.78 is 0. The van der Waals surface area contributed by atoms with Crippen LogP contribution in [0.3, 0.4) is 0 Å². The highest BCUT2D eigenvalue weighted by molar-refractivity contribution is 5.93. The minimum Gasteiger partial charge on any atom is -0.366 e. The van der Waals surface area contributed by atoms with E-state index in [0.29, 0.717) is 29.4 Å². The van der Waals surface area contributed by atoms with Crippen molar-refractivity contribution in [3.05, 3.63) is 65.2 Å². The maximum absolute atomic E-state index is 12.3. The highest BCUT2D eigenvalue weighted by atomic mass is 16.1. The number of rotatable bonds is 5. The van der Waals surface area contributed by atoms with Crippen molar-refractivity contribution in [3.8, 4) is 6.07 Å². The number of anilines is 1. The first-order valence-corrected chi connectivity index (χ1v) is 9.25. The van der Waals surface area contributed by atoms with Gasteiger partial charge in [-0.1, -0.05) is 12.1 Å². The molecule has 2 amide bonds. The average molecular weight is 361 g/mol. The van der Waals surface area contributed by atoms with Gasteiger partial charge in [0, 0.05) is 17.7 Å². The van der Waals surface area contributed by atoms with E-state index < -0.39 is 5.91 Å². The third-order valence-electron chi connectivity index (χ3n) is 5.26. The smallest absolute Gasteiger partial charge is 0.248 e. The lowest BCUT2D eigenvalue weighted by molar-refractivity contribution is -0.117. The highest BCUT2D eigenvalue weighted by Gasteiger charge is 2.24. The summed E-state index contributed by atoms with van der Waals surface area (Å²) in [6.07, 6.45) is 4.51. The molecule has 1 saturated carbocycles. The number of hydrogen-bond acceptors (Lipinski definition) is 3. The number of hydrogen-bond donors (Lipinski definition) is 2. The summed E-state index contributed by atoms with van der Waals surface area (Å²) in [6, 6.07) is 16.5. The van der Waals surface area contributed by atoms with Gasteiger partial charge in [-0.25, -0.2) is 0 Å². The Balaban J connectivity index is 1.50. The van der Waals surface area contributed by atoms with E-state index >= 15 is 0 Å². The van der Waals surface area contributed by atoms with Crippen LogP contribution >= 0.6 is 0 Å². The molecule has 0 unspecified atom stereocenters. The third kappa shape index (κ3) is 4.95. The van der Waals surface area contributed by atoms with Gasteiger partial charge in [0.05, 0.1) is 11.6 Å². The summed E-state index contributed by atoms with van der Waals surface area (Å²) in [6.45, 7) is 0. The van der Waals surface area contributed by atoms with E-state index in [1.165, 1.54) is 0 Å². The van der Waals surface area contributed by atoms with Crippen molar-refractivity contribution < 1.29 is 9.59 Å². The van der Waals surface area contributed by atoms with Crippen LogP contribution in [0.5, 0.6) is 0 Å². The Bertz CT molecular complexity index is 860. The monoisotopic (exact) mass is 361 g/mol. The fourth-order valence-electron chi connectivity index (χ4n) is 3.75. The summed E-state index contributed by atoms with van der Waals surface area (Å²) in [5.74, 6) is 0.407. The summed E-state index contributed by atoms with van der Waals surface area (Å²) in [4.78, 5) is 23.6. The van der Waals surface area contributed by atoms with Crippen LogP contribution in [0.1, 0.15) is 59.5 Å². The molecular weight excluding hydrogens is 338 g/mol. The zero-order chi connectivity index (χ0) is 19.2. The van der Waals surface area contributed by atoms with Crippen molar-refractivity contribution in [2.24, 2.45) is 11.7 Å². The molecule has 0 aliphatic heterocycles. The topological polar surface area (TPSA) is 96.0 Å². The summed E-state index contributed by atoms with van der Waals surface area (Å²) in [5.41, 5.74) is 8.37. The van der Waals surface area contributed by atoms with Crippen molar-refractivity contribution >= 4 is 17.5 Å². The number of nitrogens with one attached hydrogen (secondary N) is 1. The number of amides is 2. The predicted octanol–water partition coefficient (Wildman–Crippen LogP) is 3.96. The van der Waals surface area contributed by atoms with Crippen molar-refractivity contribution in [2.45, 2.75) is 38.0 Å². The van der Waals surface area contributed by atoms with Gasteiger partial charge in [-0.15, -0.1) is 0 Å². The normalized spacial score (nSPS) is 19.1. The Morgan fingerprint density at radius 3 is 2.41 bits per heavy atom. The van der Waals surface area contributed by atoms with E-state index in [4.69, 9.17) is 11.0 Å². The molecular formula is C22H23N3O2. The molecule has 1 aliphatic rings. The second-order valence-corrected chi connectivity index (χ2v) is 7.15. The van der Waals surface area contributed by atoms with E-state index in [1.807, 2.05) is 12.1 Å². The van der Waals surface area contributed by atoms with Crippen molar-refractivity contribution in [3.63, 3.8) is 0 Å². The van der Waals surface area contributed by atoms with Gasteiger partial charge < -0.3 is 11.1 Å². The molecule has 2 aromatic carbocycles. The summed E-state index contributed by atoms with van der Waals surface area (Å²) in [7, 11) is 0. The quantitative estimate of drug-likeness (QED) is 0.843. The molecule has 3 rings (SSSR count). The molecule has 0 atom stereocenters. The standard InChI is InChI=1S/C22H23N3O2/c23-14-16-6-10-20(11-7-16)25-21(26)12-15-4-8-17(9-5-15)18-2-1-3-19(13-18)22(24)27/h1-3,6-7,10-11,13,15,17H,4-5,8-9,12H2,(H2,24,27)(H,25,26)/t15-,17+. The number of nitriles is 1. The van der Waals surface area contributed by atoms with Crippen LogP contribution in [0, 0.1) is 17.2 Å². The fraction of sp³-hybridized carbons (Fsp3) is 0.318. The van der Waals surface area contributed by atoms with Crippen LogP contribution in [0.4, 0.5) is 5.69 Å². The molecule has 0 spiro atoms. The number of carbonyl (C=O) groups is 2.